The highest BCUT2D eigenvalue weighted by Crippen LogP contribution is 2.45. The summed E-state index contributed by atoms with van der Waals surface area (Å²) >= 11 is 0. The summed E-state index contributed by atoms with van der Waals surface area (Å²) in [6, 6.07) is 0. The Bertz CT molecular complexity index is 2510. The van der Waals surface area contributed by atoms with Crippen LogP contribution in [0.5, 0.6) is 0 Å². The van der Waals surface area contributed by atoms with Gasteiger partial charge in [0, 0.05) is 25.7 Å². The number of hydrogen-bond acceptors (Lipinski definition) is 15. The van der Waals surface area contributed by atoms with Gasteiger partial charge in [-0.1, -0.05) is 263 Å². The van der Waals surface area contributed by atoms with Crippen LogP contribution in [0.1, 0.15) is 297 Å². The maximum absolute atomic E-state index is 13.1. The Morgan fingerprint density at radius 2 is 0.510 bits per heavy atom. The third-order valence-corrected chi connectivity index (χ3v) is 17.6. The van der Waals surface area contributed by atoms with E-state index in [1.165, 1.54) is 0 Å². The Hall–Kier alpha value is -5.06. The van der Waals surface area contributed by atoms with E-state index in [4.69, 9.17) is 37.0 Å². The van der Waals surface area contributed by atoms with Gasteiger partial charge in [-0.25, -0.2) is 9.13 Å². The molecule has 0 radical (unpaired) electrons. The average Bonchev–Trinajstić information content (AvgIpc) is 0.909. The summed E-state index contributed by atoms with van der Waals surface area (Å²) in [7, 11) is -9.98. The predicted octanol–water partition coefficient (Wildman–Crippen LogP) is 22.7. The molecule has 0 amide bonds. The average molecular weight is 1470 g/mol. The minimum Gasteiger partial charge on any atom is -0.462 e. The number of carbonyl (C=O) groups excluding carboxylic acids is 4. The van der Waals surface area contributed by atoms with Crippen LogP contribution >= 0.6 is 15.6 Å². The second kappa shape index (κ2) is 74.2. The Balaban J connectivity index is 5.38. The molecule has 0 aromatic heterocycles. The van der Waals surface area contributed by atoms with Gasteiger partial charge in [0.15, 0.2) is 12.2 Å². The summed E-state index contributed by atoms with van der Waals surface area (Å²) < 4.78 is 68.5. The molecule has 0 aliphatic rings. The van der Waals surface area contributed by atoms with Crippen molar-refractivity contribution in [3.05, 3.63) is 146 Å². The molecule has 0 rings (SSSR count). The first-order chi connectivity index (χ1) is 49.7. The Kier molecular flexibility index (Phi) is 70.5. The van der Waals surface area contributed by atoms with Gasteiger partial charge in [-0.05, 0) is 154 Å². The van der Waals surface area contributed by atoms with Gasteiger partial charge in [0.05, 0.1) is 26.4 Å². The number of phosphoric acid groups is 2. The van der Waals surface area contributed by atoms with E-state index in [-0.39, 0.29) is 25.7 Å². The Morgan fingerprint density at radius 1 is 0.284 bits per heavy atom. The van der Waals surface area contributed by atoms with Crippen LogP contribution in [0.3, 0.4) is 0 Å². The van der Waals surface area contributed by atoms with Gasteiger partial charge in [0.2, 0.25) is 0 Å². The molecule has 582 valence electrons. The molecule has 0 saturated heterocycles. The number of carbonyl (C=O) groups is 4. The maximum atomic E-state index is 13.1. The number of ether oxygens (including phenoxy) is 4. The fraction of sp³-hybridized carbons (Fsp3) is 0.663. The van der Waals surface area contributed by atoms with Crippen molar-refractivity contribution in [2.24, 2.45) is 0 Å². The molecular formula is C83H138O17P2. The van der Waals surface area contributed by atoms with Crippen LogP contribution in [0, 0.1) is 0 Å². The van der Waals surface area contributed by atoms with Crippen molar-refractivity contribution < 1.29 is 80.2 Å². The number of unbranched alkanes of at least 4 members (excludes halogenated alkanes) is 22. The number of rotatable bonds is 72. The quantitative estimate of drug-likeness (QED) is 0.0169. The van der Waals surface area contributed by atoms with Crippen molar-refractivity contribution in [3.63, 3.8) is 0 Å². The summed E-state index contributed by atoms with van der Waals surface area (Å²) in [4.78, 5) is 72.9. The number of esters is 4. The highest BCUT2D eigenvalue weighted by molar-refractivity contribution is 7.47. The molecule has 0 aromatic carbocycles. The van der Waals surface area contributed by atoms with Gasteiger partial charge in [-0.3, -0.25) is 37.3 Å². The van der Waals surface area contributed by atoms with Gasteiger partial charge in [0.1, 0.15) is 19.3 Å². The third kappa shape index (κ3) is 73.3. The van der Waals surface area contributed by atoms with Crippen LogP contribution in [0.4, 0.5) is 0 Å². The lowest BCUT2D eigenvalue weighted by atomic mass is 10.1. The van der Waals surface area contributed by atoms with Crippen molar-refractivity contribution >= 4 is 39.5 Å². The first-order valence-corrected chi connectivity index (χ1v) is 42.1. The summed E-state index contributed by atoms with van der Waals surface area (Å²) in [6.07, 6.45) is 84.0. The van der Waals surface area contributed by atoms with Gasteiger partial charge >= 0.3 is 39.5 Å². The standard InChI is InChI=1S/C83H138O17P2/c1-5-9-13-17-21-25-29-33-35-37-38-40-42-46-48-52-56-60-64-68-81(86)94-74-79(100-83(88)70-66-62-58-54-50-44-32-28-24-20-16-12-8-4)76-98-102(91,92)96-72-77(84)71-95-101(89,90)97-75-78(99-82(87)69-65-61-57-53-49-43-31-27-23-19-15-11-7-3)73-93-80(85)67-63-59-55-51-47-45-41-39-36-34-30-26-22-18-14-10-6-2/h9-10,13-16,19-22,25-28,31-36,38,40-41,45,77-79,84H,5-8,11-12,17-18,23-24,29-30,37,39,42-44,46-76H2,1-4H3,(H,89,90)(H,91,92)/b13-9-,14-10-,19-15-,20-16-,25-21-,26-22-,31-27-,32-28-,35-33-,36-34-,40-38-,45-41-. The number of hydrogen-bond donors (Lipinski definition) is 3. The van der Waals surface area contributed by atoms with Crippen molar-refractivity contribution in [2.75, 3.05) is 39.6 Å². The lowest BCUT2D eigenvalue weighted by Gasteiger charge is -2.21. The Labute approximate surface area is 617 Å². The highest BCUT2D eigenvalue weighted by Gasteiger charge is 2.30. The molecule has 0 bridgehead atoms. The van der Waals surface area contributed by atoms with E-state index >= 15 is 0 Å². The molecule has 0 spiro atoms. The number of phosphoric ester groups is 2. The minimum absolute atomic E-state index is 0.0688. The largest absolute Gasteiger partial charge is 0.472 e. The fourth-order valence-corrected chi connectivity index (χ4v) is 11.4. The third-order valence-electron chi connectivity index (χ3n) is 15.7. The normalized spacial score (nSPS) is 14.7. The fourth-order valence-electron chi connectivity index (χ4n) is 9.87. The summed E-state index contributed by atoms with van der Waals surface area (Å²) in [5, 5.41) is 10.6. The zero-order valence-electron chi connectivity index (χ0n) is 63.5. The number of allylic oxidation sites excluding steroid dienone is 24. The monoisotopic (exact) mass is 1470 g/mol. The molecule has 102 heavy (non-hydrogen) atoms. The molecule has 0 saturated carbocycles. The van der Waals surface area contributed by atoms with Crippen LogP contribution < -0.4 is 0 Å². The SMILES string of the molecule is CC/C=C\C/C=C\C/C=C\C/C=C\CCCCCCCCC(=O)OCC(COP(=O)(O)OCC(O)COP(=O)(O)OCC(COC(=O)CCCCCC/C=C\C/C=C\C/C=C\C/C=C\CC)OC(=O)CCCCCCC/C=C\C/C=C\CCC)OC(=O)CCCCCCC/C=C\C/C=C\CCC. The van der Waals surface area contributed by atoms with Crippen LogP contribution in [-0.4, -0.2) is 96.7 Å². The maximum Gasteiger partial charge on any atom is 0.472 e. The molecule has 0 aliphatic carbocycles. The van der Waals surface area contributed by atoms with Crippen LogP contribution in [0.15, 0.2) is 146 Å². The van der Waals surface area contributed by atoms with Crippen molar-refractivity contribution in [1.82, 2.24) is 0 Å². The van der Waals surface area contributed by atoms with E-state index in [0.717, 1.165) is 218 Å². The van der Waals surface area contributed by atoms with Crippen molar-refractivity contribution in [1.29, 1.82) is 0 Å². The van der Waals surface area contributed by atoms with Crippen molar-refractivity contribution in [2.45, 2.75) is 316 Å². The second-order valence-electron chi connectivity index (χ2n) is 25.5. The number of aliphatic hydroxyl groups is 1. The molecule has 5 unspecified atom stereocenters. The molecule has 0 fully saturated rings. The van der Waals surface area contributed by atoms with Gasteiger partial charge in [0.25, 0.3) is 0 Å². The lowest BCUT2D eigenvalue weighted by Crippen LogP contribution is -2.30. The van der Waals surface area contributed by atoms with Gasteiger partial charge in [-0.15, -0.1) is 0 Å². The van der Waals surface area contributed by atoms with E-state index in [1.54, 1.807) is 0 Å². The van der Waals surface area contributed by atoms with Crippen molar-refractivity contribution in [3.8, 4) is 0 Å². The van der Waals surface area contributed by atoms with E-state index in [2.05, 4.69) is 174 Å². The molecule has 5 atom stereocenters. The summed E-state index contributed by atoms with van der Waals surface area (Å²) in [5.41, 5.74) is 0. The zero-order valence-corrected chi connectivity index (χ0v) is 65.3. The van der Waals surface area contributed by atoms with Gasteiger partial charge < -0.3 is 33.8 Å². The molecule has 0 aliphatic heterocycles. The van der Waals surface area contributed by atoms with Crippen LogP contribution in [0.25, 0.3) is 0 Å². The molecule has 17 nitrogen and oxygen atoms in total. The minimum atomic E-state index is -4.99. The molecule has 19 heteroatoms. The first kappa shape index (κ1) is 96.9. The highest BCUT2D eigenvalue weighted by atomic mass is 31.2. The molecular weight excluding hydrogens is 1330 g/mol. The van der Waals surface area contributed by atoms with Crippen LogP contribution in [-0.2, 0) is 65.4 Å². The topological polar surface area (TPSA) is 237 Å². The zero-order chi connectivity index (χ0) is 74.6. The first-order valence-electron chi connectivity index (χ1n) is 39.1. The summed E-state index contributed by atoms with van der Waals surface area (Å²) in [5.74, 6) is -2.25. The second-order valence-corrected chi connectivity index (χ2v) is 28.4. The summed E-state index contributed by atoms with van der Waals surface area (Å²) in [6.45, 7) is 4.44. The Morgan fingerprint density at radius 3 is 0.784 bits per heavy atom. The molecule has 3 N–H and O–H groups in total. The van der Waals surface area contributed by atoms with E-state index < -0.39 is 97.5 Å². The van der Waals surface area contributed by atoms with E-state index in [0.29, 0.717) is 25.7 Å². The molecule has 0 heterocycles. The van der Waals surface area contributed by atoms with Crippen LogP contribution in [0.2, 0.25) is 0 Å². The molecule has 0 aromatic rings. The number of aliphatic hydroxyl groups excluding tert-OH is 1. The van der Waals surface area contributed by atoms with Gasteiger partial charge in [-0.2, -0.15) is 0 Å². The smallest absolute Gasteiger partial charge is 0.462 e. The lowest BCUT2D eigenvalue weighted by molar-refractivity contribution is -0.161. The van der Waals surface area contributed by atoms with E-state index in [9.17, 15) is 43.2 Å². The van der Waals surface area contributed by atoms with E-state index in [1.807, 2.05) is 0 Å². The predicted molar refractivity (Wildman–Crippen MR) is 417 cm³/mol.